The summed E-state index contributed by atoms with van der Waals surface area (Å²) in [4.78, 5) is 11.4. The number of rotatable bonds is 4. The maximum atomic E-state index is 11.4. The molecule has 0 spiro atoms. The molecule has 1 saturated carbocycles. The van der Waals surface area contributed by atoms with Gasteiger partial charge in [-0.2, -0.15) is 0 Å². The highest BCUT2D eigenvalue weighted by Gasteiger charge is 2.14. The average Bonchev–Trinajstić information content (AvgIpc) is 2.43. The van der Waals surface area contributed by atoms with Crippen molar-refractivity contribution in [1.82, 2.24) is 0 Å². The van der Waals surface area contributed by atoms with Crippen molar-refractivity contribution in [3.63, 3.8) is 0 Å². The molecule has 104 valence electrons. The maximum absolute atomic E-state index is 11.4. The van der Waals surface area contributed by atoms with Crippen LogP contribution < -0.4 is 10.6 Å². The predicted molar refractivity (Wildman–Crippen MR) is 80.6 cm³/mol. The molecule has 0 heterocycles. The summed E-state index contributed by atoms with van der Waals surface area (Å²) in [5, 5.41) is 6.55. The monoisotopic (exact) mass is 260 g/mol. The third kappa shape index (κ3) is 3.98. The Hall–Kier alpha value is -1.51. The zero-order chi connectivity index (χ0) is 13.7. The molecule has 0 saturated heterocycles. The lowest BCUT2D eigenvalue weighted by Crippen LogP contribution is -2.22. The van der Waals surface area contributed by atoms with E-state index in [-0.39, 0.29) is 5.91 Å². The van der Waals surface area contributed by atoms with Crippen LogP contribution in [0.5, 0.6) is 0 Å². The van der Waals surface area contributed by atoms with Crippen molar-refractivity contribution < 1.29 is 4.79 Å². The Balaban J connectivity index is 2.05. The van der Waals surface area contributed by atoms with Gasteiger partial charge in [-0.15, -0.1) is 0 Å². The van der Waals surface area contributed by atoms with Crippen molar-refractivity contribution in [2.45, 2.75) is 58.4 Å². The van der Waals surface area contributed by atoms with Gasteiger partial charge in [0.15, 0.2) is 0 Å². The number of benzene rings is 1. The molecule has 0 bridgehead atoms. The molecule has 1 aromatic carbocycles. The number of nitrogens with one attached hydrogen (secondary N) is 2. The lowest BCUT2D eigenvalue weighted by atomic mass is 9.95. The molecule has 0 unspecified atom stereocenters. The van der Waals surface area contributed by atoms with Gasteiger partial charge in [-0.05, 0) is 37.5 Å². The number of carbonyl (C=O) groups excluding carboxylic acids is 1. The first-order valence-electron chi connectivity index (χ1n) is 7.36. The molecule has 1 amide bonds. The molecule has 2 rings (SSSR count). The molecule has 3 nitrogen and oxygen atoms in total. The van der Waals surface area contributed by atoms with E-state index in [9.17, 15) is 4.79 Å². The minimum absolute atomic E-state index is 0.0625. The van der Waals surface area contributed by atoms with E-state index < -0.39 is 0 Å². The fourth-order valence-electron chi connectivity index (χ4n) is 2.57. The Morgan fingerprint density at radius 3 is 2.68 bits per heavy atom. The van der Waals surface area contributed by atoms with E-state index in [1.807, 2.05) is 13.0 Å². The van der Waals surface area contributed by atoms with E-state index in [1.165, 1.54) is 37.7 Å². The van der Waals surface area contributed by atoms with Gasteiger partial charge in [0.25, 0.3) is 0 Å². The molecule has 0 atom stereocenters. The Kier molecular flexibility index (Phi) is 4.83. The van der Waals surface area contributed by atoms with Gasteiger partial charge in [-0.3, -0.25) is 4.79 Å². The molecule has 2 N–H and O–H groups in total. The van der Waals surface area contributed by atoms with Gasteiger partial charge < -0.3 is 10.6 Å². The van der Waals surface area contributed by atoms with Crippen LogP contribution in [0.1, 0.15) is 51.0 Å². The Morgan fingerprint density at radius 2 is 2.00 bits per heavy atom. The number of anilines is 2. The molecule has 0 aliphatic heterocycles. The molecular weight excluding hydrogens is 236 g/mol. The van der Waals surface area contributed by atoms with Crippen LogP contribution in [-0.2, 0) is 4.79 Å². The Labute approximate surface area is 115 Å². The highest BCUT2D eigenvalue weighted by molar-refractivity contribution is 5.91. The first kappa shape index (κ1) is 13.9. The zero-order valence-corrected chi connectivity index (χ0v) is 12.0. The van der Waals surface area contributed by atoms with Gasteiger partial charge in [0.1, 0.15) is 0 Å². The van der Waals surface area contributed by atoms with Crippen LogP contribution in [0.2, 0.25) is 0 Å². The van der Waals surface area contributed by atoms with E-state index in [0.29, 0.717) is 12.5 Å². The van der Waals surface area contributed by atoms with E-state index in [4.69, 9.17) is 0 Å². The Bertz CT molecular complexity index is 436. The van der Waals surface area contributed by atoms with Crippen molar-refractivity contribution in [3.8, 4) is 0 Å². The highest BCUT2D eigenvalue weighted by Crippen LogP contribution is 2.25. The summed E-state index contributed by atoms with van der Waals surface area (Å²) in [5.74, 6) is 0.0625. The molecule has 0 radical (unpaired) electrons. The van der Waals surface area contributed by atoms with Crippen molar-refractivity contribution >= 4 is 17.3 Å². The minimum Gasteiger partial charge on any atom is -0.382 e. The molecule has 19 heavy (non-hydrogen) atoms. The van der Waals surface area contributed by atoms with Gasteiger partial charge in [0, 0.05) is 23.8 Å². The van der Waals surface area contributed by atoms with Crippen molar-refractivity contribution in [1.29, 1.82) is 0 Å². The van der Waals surface area contributed by atoms with Crippen molar-refractivity contribution in [2.24, 2.45) is 0 Å². The molecule has 3 heteroatoms. The summed E-state index contributed by atoms with van der Waals surface area (Å²) in [7, 11) is 0. The highest BCUT2D eigenvalue weighted by atomic mass is 16.1. The summed E-state index contributed by atoms with van der Waals surface area (Å²) in [6.07, 6.45) is 7.03. The third-order valence-electron chi connectivity index (χ3n) is 3.81. The van der Waals surface area contributed by atoms with Crippen LogP contribution >= 0.6 is 0 Å². The lowest BCUT2D eigenvalue weighted by molar-refractivity contribution is -0.115. The van der Waals surface area contributed by atoms with E-state index in [1.54, 1.807) is 0 Å². The van der Waals surface area contributed by atoms with Gasteiger partial charge in [-0.1, -0.05) is 32.3 Å². The number of hydrogen-bond acceptors (Lipinski definition) is 2. The number of aryl methyl sites for hydroxylation is 1. The standard InChI is InChI=1S/C16H24N2O/c1-3-16(19)18-14-10-9-12(2)15(11-14)17-13-7-5-4-6-8-13/h9-11,13,17H,3-8H2,1-2H3,(H,18,19). The second kappa shape index (κ2) is 6.60. The van der Waals surface area contributed by atoms with Crippen LogP contribution in [0.15, 0.2) is 18.2 Å². The van der Waals surface area contributed by atoms with Crippen LogP contribution in [0.4, 0.5) is 11.4 Å². The first-order valence-corrected chi connectivity index (χ1v) is 7.36. The van der Waals surface area contributed by atoms with E-state index >= 15 is 0 Å². The summed E-state index contributed by atoms with van der Waals surface area (Å²) >= 11 is 0. The molecule has 1 aromatic rings. The molecule has 1 aliphatic carbocycles. The van der Waals surface area contributed by atoms with Gasteiger partial charge in [0.05, 0.1) is 0 Å². The van der Waals surface area contributed by atoms with Crippen LogP contribution in [0.25, 0.3) is 0 Å². The Morgan fingerprint density at radius 1 is 1.26 bits per heavy atom. The first-order chi connectivity index (χ1) is 9.19. The maximum Gasteiger partial charge on any atom is 0.224 e. The normalized spacial score (nSPS) is 16.1. The lowest BCUT2D eigenvalue weighted by Gasteiger charge is -2.25. The van der Waals surface area contributed by atoms with Gasteiger partial charge in [-0.25, -0.2) is 0 Å². The topological polar surface area (TPSA) is 41.1 Å². The van der Waals surface area contributed by atoms with E-state index in [0.717, 1.165) is 11.4 Å². The molecule has 1 aliphatic rings. The SMILES string of the molecule is CCC(=O)Nc1ccc(C)c(NC2CCCCC2)c1. The molecule has 0 aromatic heterocycles. The average molecular weight is 260 g/mol. The third-order valence-corrected chi connectivity index (χ3v) is 3.81. The fourth-order valence-corrected chi connectivity index (χ4v) is 2.57. The van der Waals surface area contributed by atoms with Gasteiger partial charge in [0.2, 0.25) is 5.91 Å². The second-order valence-corrected chi connectivity index (χ2v) is 5.41. The fraction of sp³-hybridized carbons (Fsp3) is 0.562. The number of hydrogen-bond donors (Lipinski definition) is 2. The summed E-state index contributed by atoms with van der Waals surface area (Å²) in [5.41, 5.74) is 3.27. The van der Waals surface area contributed by atoms with E-state index in [2.05, 4.69) is 29.7 Å². The van der Waals surface area contributed by atoms with Crippen LogP contribution in [0, 0.1) is 6.92 Å². The molecule has 1 fully saturated rings. The number of carbonyl (C=O) groups is 1. The van der Waals surface area contributed by atoms with Crippen molar-refractivity contribution in [3.05, 3.63) is 23.8 Å². The van der Waals surface area contributed by atoms with Crippen LogP contribution in [0.3, 0.4) is 0 Å². The van der Waals surface area contributed by atoms with Crippen LogP contribution in [-0.4, -0.2) is 11.9 Å². The quantitative estimate of drug-likeness (QED) is 0.856. The van der Waals surface area contributed by atoms with Gasteiger partial charge >= 0.3 is 0 Å². The predicted octanol–water partition coefficient (Wildman–Crippen LogP) is 4.09. The summed E-state index contributed by atoms with van der Waals surface area (Å²) < 4.78 is 0. The smallest absolute Gasteiger partial charge is 0.224 e. The summed E-state index contributed by atoms with van der Waals surface area (Å²) in [6, 6.07) is 6.67. The number of amides is 1. The molecular formula is C16H24N2O. The van der Waals surface area contributed by atoms with Crippen molar-refractivity contribution in [2.75, 3.05) is 10.6 Å². The second-order valence-electron chi connectivity index (χ2n) is 5.41. The largest absolute Gasteiger partial charge is 0.382 e. The zero-order valence-electron chi connectivity index (χ0n) is 12.0. The minimum atomic E-state index is 0.0625. The summed E-state index contributed by atoms with van der Waals surface area (Å²) in [6.45, 7) is 3.97.